The van der Waals surface area contributed by atoms with Crippen molar-refractivity contribution in [2.75, 3.05) is 0 Å². The summed E-state index contributed by atoms with van der Waals surface area (Å²) in [5.74, 6) is 3.68. The molecule has 3 heteroatoms. The van der Waals surface area contributed by atoms with E-state index >= 15 is 0 Å². The predicted molar refractivity (Wildman–Crippen MR) is 130 cm³/mol. The largest absolute Gasteiger partial charge is 0.390 e. The first-order valence-corrected chi connectivity index (χ1v) is 13.6. The van der Waals surface area contributed by atoms with Crippen molar-refractivity contribution in [2.24, 2.45) is 52.3 Å². The van der Waals surface area contributed by atoms with Crippen molar-refractivity contribution in [3.05, 3.63) is 11.6 Å². The van der Waals surface area contributed by atoms with Crippen molar-refractivity contribution in [3.8, 4) is 0 Å². The van der Waals surface area contributed by atoms with Gasteiger partial charge < -0.3 is 10.2 Å². The first kappa shape index (κ1) is 24.5. The van der Waals surface area contributed by atoms with Crippen LogP contribution >= 0.6 is 0 Å². The fourth-order valence-electron chi connectivity index (χ4n) is 9.37. The van der Waals surface area contributed by atoms with Gasteiger partial charge in [-0.25, -0.2) is 0 Å². The number of hydrogen-bond donors (Lipinski definition) is 2. The normalized spacial score (nSPS) is 43.0. The standard InChI is InChI=1S/C29H48O3/c1-7-21(17(2)3)27(32)26(31)18(4)23-10-11-24-22-9-8-19-16-20(30)12-14-28(19,5)25(22)13-15-29(23,24)6/h16-18,21-27,31-32H,7-15H2,1-6H3/t18-,21-,22-,23+,24-,25-,26-,27-,28-,29+/m0/s1. The first-order chi connectivity index (χ1) is 15.0. The van der Waals surface area contributed by atoms with Crippen LogP contribution in [-0.4, -0.2) is 28.2 Å². The van der Waals surface area contributed by atoms with Crippen molar-refractivity contribution in [1.29, 1.82) is 0 Å². The number of allylic oxidation sites excluding steroid dienone is 1. The zero-order valence-corrected chi connectivity index (χ0v) is 21.4. The Balaban J connectivity index is 1.53. The molecule has 4 aliphatic carbocycles. The van der Waals surface area contributed by atoms with E-state index < -0.39 is 12.2 Å². The van der Waals surface area contributed by atoms with E-state index in [1.165, 1.54) is 37.7 Å². The quantitative estimate of drug-likeness (QED) is 0.515. The van der Waals surface area contributed by atoms with Gasteiger partial charge in [-0.1, -0.05) is 53.5 Å². The number of fused-ring (bicyclic) bond motifs is 5. The molecule has 4 rings (SSSR count). The summed E-state index contributed by atoms with van der Waals surface area (Å²) >= 11 is 0. The second kappa shape index (κ2) is 8.84. The summed E-state index contributed by atoms with van der Waals surface area (Å²) in [5.41, 5.74) is 1.94. The summed E-state index contributed by atoms with van der Waals surface area (Å²) in [6, 6.07) is 0. The van der Waals surface area contributed by atoms with Gasteiger partial charge in [-0.2, -0.15) is 0 Å². The number of ketones is 1. The molecule has 0 aromatic carbocycles. The highest BCUT2D eigenvalue weighted by Crippen LogP contribution is 2.67. The molecule has 0 amide bonds. The summed E-state index contributed by atoms with van der Waals surface area (Å²) in [4.78, 5) is 12.1. The van der Waals surface area contributed by atoms with E-state index in [0.717, 1.165) is 37.5 Å². The second-order valence-electron chi connectivity index (χ2n) is 12.9. The lowest BCUT2D eigenvalue weighted by atomic mass is 9.46. The molecule has 0 heterocycles. The molecule has 0 aliphatic heterocycles. The monoisotopic (exact) mass is 444 g/mol. The minimum atomic E-state index is -0.636. The lowest BCUT2D eigenvalue weighted by Crippen LogP contribution is -2.52. The Labute approximate surface area is 196 Å². The van der Waals surface area contributed by atoms with E-state index in [1.54, 1.807) is 0 Å². The van der Waals surface area contributed by atoms with Crippen molar-refractivity contribution in [2.45, 2.75) is 112 Å². The number of carbonyl (C=O) groups is 1. The molecule has 3 fully saturated rings. The van der Waals surface area contributed by atoms with Gasteiger partial charge in [-0.05, 0) is 103 Å². The van der Waals surface area contributed by atoms with Gasteiger partial charge in [-0.3, -0.25) is 4.79 Å². The number of aliphatic hydroxyl groups is 2. The van der Waals surface area contributed by atoms with Crippen molar-refractivity contribution in [3.63, 3.8) is 0 Å². The fourth-order valence-corrected chi connectivity index (χ4v) is 9.37. The third kappa shape index (κ3) is 3.74. The van der Waals surface area contributed by atoms with E-state index in [1.807, 2.05) is 6.08 Å². The maximum absolute atomic E-state index is 12.1. The number of carbonyl (C=O) groups excluding carboxylic acids is 1. The van der Waals surface area contributed by atoms with Crippen LogP contribution in [0.4, 0.5) is 0 Å². The molecule has 0 aromatic heterocycles. The molecule has 4 aliphatic rings. The SMILES string of the molecule is CC[C@@H](C(C)C)[C@H](O)[C@@H](O)[C@@H](C)[C@H]1CC[C@H]2[C@@H]3CCC4=CC(=O)CC[C@]4(C)[C@H]3CC[C@]12C. The van der Waals surface area contributed by atoms with E-state index in [-0.39, 0.29) is 22.7 Å². The highest BCUT2D eigenvalue weighted by atomic mass is 16.3. The summed E-state index contributed by atoms with van der Waals surface area (Å²) < 4.78 is 0. The van der Waals surface area contributed by atoms with Crippen LogP contribution in [0, 0.1) is 52.3 Å². The molecule has 0 radical (unpaired) electrons. The number of aliphatic hydroxyl groups excluding tert-OH is 2. The topological polar surface area (TPSA) is 57.5 Å². The third-order valence-corrected chi connectivity index (χ3v) is 11.3. The Morgan fingerprint density at radius 2 is 1.69 bits per heavy atom. The van der Waals surface area contributed by atoms with Gasteiger partial charge in [0.05, 0.1) is 12.2 Å². The zero-order valence-electron chi connectivity index (χ0n) is 21.4. The van der Waals surface area contributed by atoms with E-state index in [4.69, 9.17) is 0 Å². The van der Waals surface area contributed by atoms with Gasteiger partial charge in [0.25, 0.3) is 0 Å². The Morgan fingerprint density at radius 1 is 0.969 bits per heavy atom. The van der Waals surface area contributed by atoms with Crippen LogP contribution in [0.15, 0.2) is 11.6 Å². The van der Waals surface area contributed by atoms with E-state index in [9.17, 15) is 15.0 Å². The van der Waals surface area contributed by atoms with Gasteiger partial charge >= 0.3 is 0 Å². The molecule has 10 atom stereocenters. The number of rotatable bonds is 6. The Hall–Kier alpha value is -0.670. The molecule has 2 N–H and O–H groups in total. The summed E-state index contributed by atoms with van der Waals surface area (Å²) in [5, 5.41) is 22.3. The maximum atomic E-state index is 12.1. The van der Waals surface area contributed by atoms with Gasteiger partial charge in [-0.15, -0.1) is 0 Å². The summed E-state index contributed by atoms with van der Waals surface area (Å²) in [6.45, 7) is 13.6. The van der Waals surface area contributed by atoms with Crippen molar-refractivity contribution in [1.82, 2.24) is 0 Å². The van der Waals surface area contributed by atoms with Crippen LogP contribution < -0.4 is 0 Å². The van der Waals surface area contributed by atoms with Crippen LogP contribution in [0.2, 0.25) is 0 Å². The predicted octanol–water partition coefficient (Wildman–Crippen LogP) is 6.17. The zero-order chi connectivity index (χ0) is 23.4. The molecule has 0 saturated heterocycles. The average Bonchev–Trinajstić information content (AvgIpc) is 3.10. The second-order valence-corrected chi connectivity index (χ2v) is 12.9. The molecule has 3 nitrogen and oxygen atoms in total. The summed E-state index contributed by atoms with van der Waals surface area (Å²) in [7, 11) is 0. The Bertz CT molecular complexity index is 741. The summed E-state index contributed by atoms with van der Waals surface area (Å²) in [6.07, 6.45) is 10.7. The lowest BCUT2D eigenvalue weighted by molar-refractivity contribution is -0.118. The molecule has 32 heavy (non-hydrogen) atoms. The molecule has 0 bridgehead atoms. The van der Waals surface area contributed by atoms with Gasteiger partial charge in [0.2, 0.25) is 0 Å². The van der Waals surface area contributed by atoms with Crippen LogP contribution in [0.3, 0.4) is 0 Å². The molecule has 182 valence electrons. The van der Waals surface area contributed by atoms with E-state index in [0.29, 0.717) is 23.5 Å². The van der Waals surface area contributed by atoms with Crippen LogP contribution in [0.25, 0.3) is 0 Å². The first-order valence-electron chi connectivity index (χ1n) is 13.6. The maximum Gasteiger partial charge on any atom is 0.155 e. The average molecular weight is 445 g/mol. The van der Waals surface area contributed by atoms with Crippen LogP contribution in [-0.2, 0) is 4.79 Å². The fraction of sp³-hybridized carbons (Fsp3) is 0.897. The molecular formula is C29H48O3. The lowest BCUT2D eigenvalue weighted by Gasteiger charge is -2.58. The third-order valence-electron chi connectivity index (χ3n) is 11.3. The highest BCUT2D eigenvalue weighted by Gasteiger charge is 2.60. The molecular weight excluding hydrogens is 396 g/mol. The molecule has 3 saturated carbocycles. The molecule has 0 aromatic rings. The minimum Gasteiger partial charge on any atom is -0.390 e. The van der Waals surface area contributed by atoms with Gasteiger partial charge in [0, 0.05) is 6.42 Å². The smallest absolute Gasteiger partial charge is 0.155 e. The number of hydrogen-bond acceptors (Lipinski definition) is 3. The Kier molecular flexibility index (Phi) is 6.75. The van der Waals surface area contributed by atoms with Gasteiger partial charge in [0.1, 0.15) is 0 Å². The molecule has 0 unspecified atom stereocenters. The van der Waals surface area contributed by atoms with Crippen molar-refractivity contribution >= 4 is 5.78 Å². The minimum absolute atomic E-state index is 0.131. The Morgan fingerprint density at radius 3 is 2.34 bits per heavy atom. The molecule has 0 spiro atoms. The van der Waals surface area contributed by atoms with Crippen molar-refractivity contribution < 1.29 is 15.0 Å². The van der Waals surface area contributed by atoms with Crippen LogP contribution in [0.1, 0.15) is 99.3 Å². The van der Waals surface area contributed by atoms with Gasteiger partial charge in [0.15, 0.2) is 5.78 Å². The highest BCUT2D eigenvalue weighted by molar-refractivity contribution is 5.91. The van der Waals surface area contributed by atoms with E-state index in [2.05, 4.69) is 41.5 Å². The van der Waals surface area contributed by atoms with Crippen LogP contribution in [0.5, 0.6) is 0 Å².